The van der Waals surface area contributed by atoms with Gasteiger partial charge in [0, 0.05) is 10.8 Å². The third-order valence-corrected chi connectivity index (χ3v) is 3.85. The molecule has 16 heavy (non-hydrogen) atoms. The maximum Gasteiger partial charge on any atom is 0.125 e. The van der Waals surface area contributed by atoms with Gasteiger partial charge in [0.1, 0.15) is 5.60 Å². The van der Waals surface area contributed by atoms with Crippen molar-refractivity contribution < 1.29 is 5.11 Å². The average Bonchev–Trinajstić information content (AvgIpc) is 2.84. The van der Waals surface area contributed by atoms with Crippen molar-refractivity contribution >= 4 is 22.9 Å². The number of rotatable bonds is 4. The molecule has 84 valence electrons. The van der Waals surface area contributed by atoms with Crippen LogP contribution in [0.1, 0.15) is 16.9 Å². The van der Waals surface area contributed by atoms with Gasteiger partial charge in [0.05, 0.1) is 0 Å². The lowest BCUT2D eigenvalue weighted by Crippen LogP contribution is -2.26. The lowest BCUT2D eigenvalue weighted by atomic mass is 9.89. The van der Waals surface area contributed by atoms with Gasteiger partial charge in [-0.15, -0.1) is 22.9 Å². The number of hydrogen-bond donors (Lipinski definition) is 1. The number of halogens is 1. The molecule has 1 heterocycles. The van der Waals surface area contributed by atoms with Crippen LogP contribution < -0.4 is 0 Å². The smallest absolute Gasteiger partial charge is 0.125 e. The van der Waals surface area contributed by atoms with Gasteiger partial charge >= 0.3 is 0 Å². The largest absolute Gasteiger partial charge is 0.380 e. The molecule has 1 atom stereocenters. The summed E-state index contributed by atoms with van der Waals surface area (Å²) < 4.78 is 0. The van der Waals surface area contributed by atoms with Gasteiger partial charge in [-0.2, -0.15) is 0 Å². The first-order valence-corrected chi connectivity index (χ1v) is 6.56. The molecule has 1 aromatic heterocycles. The summed E-state index contributed by atoms with van der Waals surface area (Å²) >= 11 is 7.35. The molecule has 0 amide bonds. The highest BCUT2D eigenvalue weighted by Crippen LogP contribution is 2.35. The summed E-state index contributed by atoms with van der Waals surface area (Å²) in [7, 11) is 0. The highest BCUT2D eigenvalue weighted by Gasteiger charge is 2.31. The Kier molecular flexibility index (Phi) is 3.64. The molecule has 2 rings (SSSR count). The van der Waals surface area contributed by atoms with Crippen molar-refractivity contribution in [2.45, 2.75) is 12.0 Å². The molecule has 0 saturated carbocycles. The van der Waals surface area contributed by atoms with E-state index in [2.05, 4.69) is 0 Å². The molecular weight excluding hydrogens is 240 g/mol. The molecule has 0 spiro atoms. The molecule has 0 aliphatic rings. The van der Waals surface area contributed by atoms with Gasteiger partial charge in [0.25, 0.3) is 0 Å². The van der Waals surface area contributed by atoms with Crippen molar-refractivity contribution in [1.29, 1.82) is 0 Å². The molecule has 1 aromatic carbocycles. The Hall–Kier alpha value is -0.830. The molecule has 1 nitrogen and oxygen atoms in total. The van der Waals surface area contributed by atoms with E-state index < -0.39 is 5.60 Å². The fraction of sp³-hybridized carbons (Fsp3) is 0.231. The molecule has 0 aliphatic carbocycles. The predicted molar refractivity (Wildman–Crippen MR) is 69.1 cm³/mol. The summed E-state index contributed by atoms with van der Waals surface area (Å²) in [6.45, 7) is 0. The van der Waals surface area contributed by atoms with E-state index in [0.29, 0.717) is 12.3 Å². The standard InChI is InChI=1S/C13H13ClOS/c14-9-8-13(15,12-7-4-10-16-12)11-5-2-1-3-6-11/h1-7,10,15H,8-9H2. The molecule has 0 aliphatic heterocycles. The highest BCUT2D eigenvalue weighted by atomic mass is 35.5. The van der Waals surface area contributed by atoms with Crippen LogP contribution in [-0.4, -0.2) is 11.0 Å². The molecule has 0 radical (unpaired) electrons. The van der Waals surface area contributed by atoms with E-state index in [1.807, 2.05) is 47.8 Å². The summed E-state index contributed by atoms with van der Waals surface area (Å²) in [6, 6.07) is 13.6. The summed E-state index contributed by atoms with van der Waals surface area (Å²) in [6.07, 6.45) is 0.527. The molecule has 0 saturated heterocycles. The van der Waals surface area contributed by atoms with Crippen molar-refractivity contribution in [2.24, 2.45) is 0 Å². The van der Waals surface area contributed by atoms with Crippen molar-refractivity contribution in [3.63, 3.8) is 0 Å². The van der Waals surface area contributed by atoms with Gasteiger partial charge in [0.15, 0.2) is 0 Å². The average molecular weight is 253 g/mol. The second-order valence-corrected chi connectivity index (χ2v) is 4.97. The molecule has 0 bridgehead atoms. The Bertz CT molecular complexity index is 426. The number of alkyl halides is 1. The van der Waals surface area contributed by atoms with Gasteiger partial charge < -0.3 is 5.11 Å². The van der Waals surface area contributed by atoms with E-state index in [4.69, 9.17) is 11.6 Å². The Morgan fingerprint density at radius 1 is 1.12 bits per heavy atom. The maximum absolute atomic E-state index is 10.8. The third-order valence-electron chi connectivity index (χ3n) is 2.64. The zero-order valence-corrected chi connectivity index (χ0v) is 10.3. The molecular formula is C13H13ClOS. The molecule has 0 fully saturated rings. The van der Waals surface area contributed by atoms with Gasteiger partial charge in [-0.3, -0.25) is 0 Å². The summed E-state index contributed by atoms with van der Waals surface area (Å²) in [5.41, 5.74) is -0.0462. The molecule has 2 aromatic rings. The third kappa shape index (κ3) is 2.14. The van der Waals surface area contributed by atoms with Crippen LogP contribution in [0.4, 0.5) is 0 Å². The van der Waals surface area contributed by atoms with E-state index in [0.717, 1.165) is 10.4 Å². The van der Waals surface area contributed by atoms with E-state index in [1.54, 1.807) is 11.3 Å². The minimum absolute atomic E-state index is 0.434. The maximum atomic E-state index is 10.8. The lowest BCUT2D eigenvalue weighted by molar-refractivity contribution is 0.0813. The second-order valence-electron chi connectivity index (χ2n) is 3.64. The zero-order valence-electron chi connectivity index (χ0n) is 8.77. The number of thiophene rings is 1. The molecule has 3 heteroatoms. The van der Waals surface area contributed by atoms with Gasteiger partial charge in [-0.25, -0.2) is 0 Å². The van der Waals surface area contributed by atoms with E-state index in [-0.39, 0.29) is 0 Å². The highest BCUT2D eigenvalue weighted by molar-refractivity contribution is 7.10. The first-order valence-electron chi connectivity index (χ1n) is 5.15. The monoisotopic (exact) mass is 252 g/mol. The van der Waals surface area contributed by atoms with Crippen molar-refractivity contribution in [3.05, 3.63) is 58.3 Å². The first-order chi connectivity index (χ1) is 7.77. The van der Waals surface area contributed by atoms with Crippen LogP contribution in [0.25, 0.3) is 0 Å². The van der Waals surface area contributed by atoms with Crippen molar-refractivity contribution in [3.8, 4) is 0 Å². The first kappa shape index (κ1) is 11.6. The number of hydrogen-bond acceptors (Lipinski definition) is 2. The van der Waals surface area contributed by atoms with Crippen molar-refractivity contribution in [2.75, 3.05) is 5.88 Å². The van der Waals surface area contributed by atoms with Crippen LogP contribution in [0.2, 0.25) is 0 Å². The minimum atomic E-state index is -0.947. The second kappa shape index (κ2) is 5.00. The quantitative estimate of drug-likeness (QED) is 0.825. The Morgan fingerprint density at radius 3 is 2.44 bits per heavy atom. The Labute approximate surface area is 104 Å². The van der Waals surface area contributed by atoms with Gasteiger partial charge in [0.2, 0.25) is 0 Å². The van der Waals surface area contributed by atoms with Crippen LogP contribution in [-0.2, 0) is 5.60 Å². The SMILES string of the molecule is OC(CCCl)(c1ccccc1)c1cccs1. The van der Waals surface area contributed by atoms with Crippen molar-refractivity contribution in [1.82, 2.24) is 0 Å². The summed E-state index contributed by atoms with van der Waals surface area (Å²) in [4.78, 5) is 0.944. The minimum Gasteiger partial charge on any atom is -0.380 e. The van der Waals surface area contributed by atoms with E-state index in [9.17, 15) is 5.11 Å². The van der Waals surface area contributed by atoms with Crippen LogP contribution in [0, 0.1) is 0 Å². The summed E-state index contributed by atoms with van der Waals surface area (Å²) in [5.74, 6) is 0.434. The van der Waals surface area contributed by atoms with Crippen LogP contribution in [0.15, 0.2) is 47.8 Å². The number of benzene rings is 1. The molecule has 1 N–H and O–H groups in total. The lowest BCUT2D eigenvalue weighted by Gasteiger charge is -2.26. The fourth-order valence-electron chi connectivity index (χ4n) is 1.77. The van der Waals surface area contributed by atoms with Crippen LogP contribution in [0.5, 0.6) is 0 Å². The zero-order chi connectivity index (χ0) is 11.4. The number of aliphatic hydroxyl groups is 1. The topological polar surface area (TPSA) is 20.2 Å². The van der Waals surface area contributed by atoms with Crippen LogP contribution >= 0.6 is 22.9 Å². The van der Waals surface area contributed by atoms with Gasteiger partial charge in [-0.1, -0.05) is 36.4 Å². The fourth-order valence-corrected chi connectivity index (χ4v) is 2.92. The Balaban J connectivity index is 2.44. The van der Waals surface area contributed by atoms with Crippen LogP contribution in [0.3, 0.4) is 0 Å². The van der Waals surface area contributed by atoms with Gasteiger partial charge in [-0.05, 0) is 23.4 Å². The Morgan fingerprint density at radius 2 is 1.88 bits per heavy atom. The molecule has 1 unspecified atom stereocenters. The van der Waals surface area contributed by atoms with E-state index >= 15 is 0 Å². The van der Waals surface area contributed by atoms with E-state index in [1.165, 1.54) is 0 Å². The predicted octanol–water partition coefficient (Wildman–Crippen LogP) is 3.61. The normalized spacial score (nSPS) is 14.6. The summed E-state index contributed by atoms with van der Waals surface area (Å²) in [5, 5.41) is 12.7.